The maximum absolute atomic E-state index is 12.8. The van der Waals surface area contributed by atoms with Gasteiger partial charge in [0.2, 0.25) is 5.91 Å². The number of carboxylic acid groups (broad SMARTS) is 1. The number of aryl methyl sites for hydroxylation is 1. The lowest BCUT2D eigenvalue weighted by Crippen LogP contribution is -2.26. The standard InChI is InChI=1S/C24H28N2O4/c1-15-18(24(28)29)9-10-19-21(16-7-5-4-6-8-16)23(17-11-12-30-14-17)26(22(15)19)13-20(27)25(2)3/h9-12,14,16H,4-8,13H2,1-3H3,(H,28,29). The fraction of sp³-hybridized carbons (Fsp3) is 0.417. The molecule has 0 unspecified atom stereocenters. The van der Waals surface area contributed by atoms with Crippen molar-refractivity contribution in [3.63, 3.8) is 0 Å². The summed E-state index contributed by atoms with van der Waals surface area (Å²) in [7, 11) is 3.48. The maximum atomic E-state index is 12.8. The number of carbonyl (C=O) groups is 2. The Morgan fingerprint density at radius 2 is 1.90 bits per heavy atom. The highest BCUT2D eigenvalue weighted by Crippen LogP contribution is 2.45. The molecule has 1 N–H and O–H groups in total. The number of aromatic carboxylic acids is 1. The Bertz CT molecular complexity index is 1090. The van der Waals surface area contributed by atoms with Crippen molar-refractivity contribution < 1.29 is 19.1 Å². The van der Waals surface area contributed by atoms with Gasteiger partial charge in [0.15, 0.2) is 0 Å². The number of nitrogens with zero attached hydrogens (tertiary/aromatic N) is 2. The van der Waals surface area contributed by atoms with E-state index in [1.807, 2.05) is 23.6 Å². The lowest BCUT2D eigenvalue weighted by molar-refractivity contribution is -0.129. The quantitative estimate of drug-likeness (QED) is 0.641. The summed E-state index contributed by atoms with van der Waals surface area (Å²) in [5, 5.41) is 10.7. The van der Waals surface area contributed by atoms with Gasteiger partial charge in [0.1, 0.15) is 6.54 Å². The molecule has 0 radical (unpaired) electrons. The lowest BCUT2D eigenvalue weighted by Gasteiger charge is -2.23. The van der Waals surface area contributed by atoms with Crippen molar-refractivity contribution in [2.45, 2.75) is 51.5 Å². The molecule has 6 nitrogen and oxygen atoms in total. The van der Waals surface area contributed by atoms with Crippen molar-refractivity contribution in [1.29, 1.82) is 0 Å². The first-order valence-electron chi connectivity index (χ1n) is 10.5. The highest BCUT2D eigenvalue weighted by atomic mass is 16.4. The highest BCUT2D eigenvalue weighted by molar-refractivity contribution is 6.01. The van der Waals surface area contributed by atoms with Crippen molar-refractivity contribution in [2.75, 3.05) is 14.1 Å². The van der Waals surface area contributed by atoms with E-state index in [2.05, 4.69) is 0 Å². The third-order valence-electron chi connectivity index (χ3n) is 6.35. The van der Waals surface area contributed by atoms with Gasteiger partial charge in [-0.25, -0.2) is 4.79 Å². The monoisotopic (exact) mass is 408 g/mol. The zero-order chi connectivity index (χ0) is 21.4. The predicted molar refractivity (Wildman–Crippen MR) is 116 cm³/mol. The van der Waals surface area contributed by atoms with Crippen LogP contribution in [-0.4, -0.2) is 40.5 Å². The van der Waals surface area contributed by atoms with Crippen LogP contribution in [0, 0.1) is 6.92 Å². The van der Waals surface area contributed by atoms with Crippen LogP contribution in [0.4, 0.5) is 0 Å². The Labute approximate surface area is 176 Å². The third kappa shape index (κ3) is 3.40. The van der Waals surface area contributed by atoms with E-state index in [-0.39, 0.29) is 18.0 Å². The van der Waals surface area contributed by atoms with E-state index in [0.717, 1.165) is 35.0 Å². The fourth-order valence-electron chi connectivity index (χ4n) is 4.83. The van der Waals surface area contributed by atoms with Gasteiger partial charge in [-0.3, -0.25) is 4.79 Å². The summed E-state index contributed by atoms with van der Waals surface area (Å²) in [6, 6.07) is 5.55. The van der Waals surface area contributed by atoms with Crippen molar-refractivity contribution in [3.05, 3.63) is 47.4 Å². The number of hydrogen-bond donors (Lipinski definition) is 1. The number of aromatic nitrogens is 1. The molecule has 0 saturated heterocycles. The van der Waals surface area contributed by atoms with Crippen LogP contribution in [0.3, 0.4) is 0 Å². The van der Waals surface area contributed by atoms with Gasteiger partial charge >= 0.3 is 5.97 Å². The first-order valence-corrected chi connectivity index (χ1v) is 10.5. The first-order chi connectivity index (χ1) is 14.4. The molecule has 0 spiro atoms. The topological polar surface area (TPSA) is 75.7 Å². The van der Waals surface area contributed by atoms with Crippen LogP contribution in [0.2, 0.25) is 0 Å². The van der Waals surface area contributed by atoms with Gasteiger partial charge in [0, 0.05) is 25.0 Å². The van der Waals surface area contributed by atoms with Crippen LogP contribution >= 0.6 is 0 Å². The second-order valence-corrected chi connectivity index (χ2v) is 8.42. The normalized spacial score (nSPS) is 14.9. The molecule has 4 rings (SSSR count). The number of hydrogen-bond acceptors (Lipinski definition) is 3. The molecule has 3 aromatic rings. The minimum Gasteiger partial charge on any atom is -0.478 e. The van der Waals surface area contributed by atoms with E-state index < -0.39 is 5.97 Å². The molecule has 30 heavy (non-hydrogen) atoms. The molecule has 0 atom stereocenters. The van der Waals surface area contributed by atoms with Crippen molar-refractivity contribution in [2.24, 2.45) is 0 Å². The molecule has 0 bridgehead atoms. The molecular weight excluding hydrogens is 380 g/mol. The van der Waals surface area contributed by atoms with Crippen LogP contribution in [0.5, 0.6) is 0 Å². The van der Waals surface area contributed by atoms with Crippen LogP contribution in [0.1, 0.15) is 59.5 Å². The van der Waals surface area contributed by atoms with E-state index in [4.69, 9.17) is 4.42 Å². The maximum Gasteiger partial charge on any atom is 0.336 e. The SMILES string of the molecule is Cc1c(C(=O)O)ccc2c(C3CCCCC3)c(-c3ccoc3)n(CC(=O)N(C)C)c12. The molecule has 0 aliphatic heterocycles. The van der Waals surface area contributed by atoms with E-state index >= 15 is 0 Å². The average molecular weight is 408 g/mol. The minimum absolute atomic E-state index is 0.0352. The summed E-state index contributed by atoms with van der Waals surface area (Å²) < 4.78 is 7.41. The van der Waals surface area contributed by atoms with Crippen molar-refractivity contribution in [1.82, 2.24) is 9.47 Å². The first kappa shape index (κ1) is 20.3. The smallest absolute Gasteiger partial charge is 0.336 e. The summed E-state index contributed by atoms with van der Waals surface area (Å²) in [4.78, 5) is 26.2. The van der Waals surface area contributed by atoms with Gasteiger partial charge in [-0.2, -0.15) is 0 Å². The Hall–Kier alpha value is -3.02. The molecule has 1 saturated carbocycles. The molecule has 1 aliphatic rings. The van der Waals surface area contributed by atoms with Crippen LogP contribution in [-0.2, 0) is 11.3 Å². The number of carboxylic acids is 1. The number of amides is 1. The third-order valence-corrected chi connectivity index (χ3v) is 6.35. The number of furan rings is 1. The molecule has 6 heteroatoms. The minimum atomic E-state index is -0.954. The number of likely N-dealkylation sites (N-methyl/N-ethyl adjacent to an activating group) is 1. The Kier molecular flexibility index (Phi) is 5.41. The number of benzene rings is 1. The summed E-state index contributed by atoms with van der Waals surface area (Å²) in [5.41, 5.74) is 4.92. The molecule has 1 aliphatic carbocycles. The number of carbonyl (C=O) groups excluding carboxylic acids is 1. The van der Waals surface area contributed by atoms with Gasteiger partial charge in [-0.1, -0.05) is 25.3 Å². The zero-order valence-electron chi connectivity index (χ0n) is 17.8. The van der Waals surface area contributed by atoms with E-state index in [0.29, 0.717) is 11.5 Å². The molecule has 1 fully saturated rings. The van der Waals surface area contributed by atoms with Gasteiger partial charge < -0.3 is 19.0 Å². The molecule has 1 amide bonds. The van der Waals surface area contributed by atoms with Gasteiger partial charge in [0.05, 0.1) is 29.3 Å². The van der Waals surface area contributed by atoms with E-state index in [9.17, 15) is 14.7 Å². The van der Waals surface area contributed by atoms with Gasteiger partial charge in [-0.15, -0.1) is 0 Å². The molecule has 2 heterocycles. The van der Waals surface area contributed by atoms with Gasteiger partial charge in [-0.05, 0) is 48.9 Å². The Morgan fingerprint density at radius 1 is 1.17 bits per heavy atom. The summed E-state index contributed by atoms with van der Waals surface area (Å²) >= 11 is 0. The Morgan fingerprint density at radius 3 is 2.50 bits per heavy atom. The Balaban J connectivity index is 2.07. The summed E-state index contributed by atoms with van der Waals surface area (Å²) in [5.74, 6) is -0.603. The number of rotatable bonds is 5. The van der Waals surface area contributed by atoms with Crippen molar-refractivity contribution >= 4 is 22.8 Å². The zero-order valence-corrected chi connectivity index (χ0v) is 17.8. The van der Waals surface area contributed by atoms with Crippen LogP contribution < -0.4 is 0 Å². The molecule has 158 valence electrons. The molecule has 2 aromatic heterocycles. The molecule has 1 aromatic carbocycles. The second kappa shape index (κ2) is 8.01. The van der Waals surface area contributed by atoms with E-state index in [1.54, 1.807) is 37.6 Å². The highest BCUT2D eigenvalue weighted by Gasteiger charge is 2.29. The molecular formula is C24H28N2O4. The predicted octanol–water partition coefficient (Wildman–Crippen LogP) is 5.04. The van der Waals surface area contributed by atoms with Crippen LogP contribution in [0.15, 0.2) is 35.1 Å². The lowest BCUT2D eigenvalue weighted by atomic mass is 9.82. The van der Waals surface area contributed by atoms with Crippen LogP contribution in [0.25, 0.3) is 22.2 Å². The fourth-order valence-corrected chi connectivity index (χ4v) is 4.83. The largest absolute Gasteiger partial charge is 0.478 e. The summed E-state index contributed by atoms with van der Waals surface area (Å²) in [6.07, 6.45) is 9.18. The average Bonchev–Trinajstić information content (AvgIpc) is 3.35. The van der Waals surface area contributed by atoms with E-state index in [1.165, 1.54) is 24.8 Å². The van der Waals surface area contributed by atoms with Crippen molar-refractivity contribution in [3.8, 4) is 11.3 Å². The van der Waals surface area contributed by atoms with Gasteiger partial charge in [0.25, 0.3) is 0 Å². The number of fused-ring (bicyclic) bond motifs is 1. The second-order valence-electron chi connectivity index (χ2n) is 8.42. The summed E-state index contributed by atoms with van der Waals surface area (Å²) in [6.45, 7) is 1.99.